The van der Waals surface area contributed by atoms with Crippen LogP contribution in [0.15, 0.2) is 212 Å². The van der Waals surface area contributed by atoms with Crippen LogP contribution in [-0.4, -0.2) is 68.9 Å². The minimum absolute atomic E-state index is 0.0196. The first-order valence-corrected chi connectivity index (χ1v) is 48.7. The molecule has 3 atom stereocenters. The summed E-state index contributed by atoms with van der Waals surface area (Å²) >= 11 is 0. The van der Waals surface area contributed by atoms with Crippen molar-refractivity contribution in [3.05, 3.63) is 319 Å². The normalized spacial score (nSPS) is 18.5. The van der Waals surface area contributed by atoms with Crippen molar-refractivity contribution in [3.8, 4) is 0 Å². The zero-order chi connectivity index (χ0) is 96.9. The highest BCUT2D eigenvalue weighted by atomic mass is 16.7. The number of fused-ring (bicyclic) bond motifs is 2. The van der Waals surface area contributed by atoms with Gasteiger partial charge in [-0.3, -0.25) is 9.97 Å². The molecule has 3 unspecified atom stereocenters. The first-order chi connectivity index (χ1) is 61.0. The monoisotopic (exact) mass is 1750 g/mol. The molecule has 6 heterocycles. The standard InChI is InChI=1S/C12H16.C12H12.C8H16.2C8H14.3C8H10.2C7H9N.2C6H8N2.2C6H12O2.4C2H6/c2*1-9-3-5-12-8-10(2)4-6-11(12)7-9;6*1-7-3-5-8(2)6-4-7;2*1-6-3-4-7(2)8-5-6;4*1-5-3-7-6(2)8-4-5;4*1-2/h3,5,7,10H,4,6,8H2,1-2H3;3-8H,1-2H3;7-8H,3-6H2,1-2H3;2*3,8H,4-6H2,1-2H3;3*3-6H,1-2H3;2*3-5H,1-2H3;2*3-4H,1-2H3;2*5-6H,3-4H2,1-2H3;4*1-2H3. The minimum atomic E-state index is 0.0196. The van der Waals surface area contributed by atoms with E-state index in [4.69, 9.17) is 18.9 Å². The number of allylic oxidation sites excluding steroid dienone is 4. The summed E-state index contributed by atoms with van der Waals surface area (Å²) in [5.41, 5.74) is 25.2. The van der Waals surface area contributed by atoms with Crippen LogP contribution >= 0.6 is 0 Å². The van der Waals surface area contributed by atoms with Crippen molar-refractivity contribution in [3.63, 3.8) is 0 Å². The molecule has 6 aliphatic rings. The molecule has 2 aliphatic heterocycles. The second kappa shape index (κ2) is 75.1. The van der Waals surface area contributed by atoms with Crippen molar-refractivity contribution in [2.75, 3.05) is 26.4 Å². The van der Waals surface area contributed by atoms with E-state index in [0.717, 1.165) is 90.2 Å². The van der Waals surface area contributed by atoms with Crippen LogP contribution in [-0.2, 0) is 31.8 Å². The van der Waals surface area contributed by atoms with Crippen molar-refractivity contribution in [1.82, 2.24) is 29.9 Å². The van der Waals surface area contributed by atoms with Gasteiger partial charge in [0, 0.05) is 60.4 Å². The molecule has 710 valence electrons. The van der Waals surface area contributed by atoms with E-state index in [0.29, 0.717) is 11.8 Å². The lowest BCUT2D eigenvalue weighted by Gasteiger charge is -2.24. The summed E-state index contributed by atoms with van der Waals surface area (Å²) in [7, 11) is 0. The Kier molecular flexibility index (Phi) is 71.2. The van der Waals surface area contributed by atoms with Crippen LogP contribution in [0.3, 0.4) is 0 Å². The fourth-order valence-corrected chi connectivity index (χ4v) is 12.5. The number of nitrogens with zero attached hydrogens (tertiary/aromatic N) is 6. The molecule has 128 heavy (non-hydrogen) atoms. The van der Waals surface area contributed by atoms with E-state index in [1.807, 2.05) is 174 Å². The van der Waals surface area contributed by atoms with Gasteiger partial charge in [-0.1, -0.05) is 342 Å². The zero-order valence-corrected chi connectivity index (χ0v) is 88.1. The number of aryl methyl sites for hydroxylation is 18. The first-order valence-electron chi connectivity index (χ1n) is 48.7. The Morgan fingerprint density at radius 3 is 0.727 bits per heavy atom. The van der Waals surface area contributed by atoms with Crippen LogP contribution in [0.25, 0.3) is 10.8 Å². The fourth-order valence-electron chi connectivity index (χ4n) is 12.5. The average Bonchev–Trinajstić information content (AvgIpc) is 0.841. The Hall–Kier alpha value is -8.64. The van der Waals surface area contributed by atoms with Crippen LogP contribution in [0.5, 0.6) is 0 Å². The van der Waals surface area contributed by atoms with Gasteiger partial charge >= 0.3 is 0 Å². The summed E-state index contributed by atoms with van der Waals surface area (Å²) in [4.78, 5) is 24.0. The molecule has 16 rings (SSSR count). The molecule has 0 bridgehead atoms. The van der Waals surface area contributed by atoms with Crippen LogP contribution in [0, 0.1) is 159 Å². The molecular weight excluding hydrogens is 1570 g/mol. The van der Waals surface area contributed by atoms with Gasteiger partial charge in [-0.05, 0) is 289 Å². The highest BCUT2D eigenvalue weighted by molar-refractivity contribution is 5.83. The maximum absolute atomic E-state index is 5.17. The van der Waals surface area contributed by atoms with Gasteiger partial charge in [0.25, 0.3) is 0 Å². The summed E-state index contributed by atoms with van der Waals surface area (Å²) in [6.07, 6.45) is 33.7. The maximum Gasteiger partial charge on any atom is 0.154 e. The largest absolute Gasteiger partial charge is 0.353 e. The molecule has 0 amide bonds. The Balaban J connectivity index is 0. The SMILES string of the molecule is CC.CC.CC.CC.CC1=CCC(C)CC1.CC1=CCC(C)CC1.CC1CCC(C)CC1.CC1COC(C)OC1.CC1COC(C)OC1.Cc1ccc(C)cc1.Cc1ccc(C)cc1.Cc1ccc(C)cc1.Cc1ccc(C)nc1.Cc1ccc(C)nc1.Cc1ccc2c(c1)CCC(C)C2.Cc1ccc2cc(C)ccc2c1.Cc1cnc(C)nc1.Cc1cnc(C)nc1. The van der Waals surface area contributed by atoms with E-state index in [1.165, 1.54) is 155 Å². The maximum atomic E-state index is 5.17. The molecule has 3 fully saturated rings. The number of hydrogen-bond donors (Lipinski definition) is 0. The van der Waals surface area contributed by atoms with E-state index in [2.05, 4.69) is 306 Å². The van der Waals surface area contributed by atoms with Crippen LogP contribution in [0.2, 0.25) is 0 Å². The third kappa shape index (κ3) is 65.8. The number of aromatic nitrogens is 6. The van der Waals surface area contributed by atoms with Gasteiger partial charge < -0.3 is 18.9 Å². The smallest absolute Gasteiger partial charge is 0.154 e. The lowest BCUT2D eigenvalue weighted by molar-refractivity contribution is -0.187. The van der Waals surface area contributed by atoms with Crippen LogP contribution in [0.1, 0.15) is 309 Å². The highest BCUT2D eigenvalue weighted by Gasteiger charge is 2.17. The summed E-state index contributed by atoms with van der Waals surface area (Å²) in [6, 6.07) is 53.6. The topological polar surface area (TPSA) is 114 Å². The summed E-state index contributed by atoms with van der Waals surface area (Å²) in [6.45, 7) is 78.4. The second-order valence-corrected chi connectivity index (χ2v) is 35.4. The molecule has 6 aromatic carbocycles. The summed E-state index contributed by atoms with van der Waals surface area (Å²) < 4.78 is 20.7. The van der Waals surface area contributed by atoms with Gasteiger partial charge in [0.2, 0.25) is 0 Å². The van der Waals surface area contributed by atoms with Crippen molar-refractivity contribution in [2.45, 2.75) is 345 Å². The van der Waals surface area contributed by atoms with Gasteiger partial charge in [0.15, 0.2) is 12.6 Å². The van der Waals surface area contributed by atoms with Gasteiger partial charge in [0.05, 0.1) is 26.4 Å². The second-order valence-electron chi connectivity index (χ2n) is 35.4. The number of ether oxygens (including phenoxy) is 4. The molecular formula is C118H184N6O4. The lowest BCUT2D eigenvalue weighted by Crippen LogP contribution is -2.27. The minimum Gasteiger partial charge on any atom is -0.353 e. The highest BCUT2D eigenvalue weighted by Crippen LogP contribution is 2.29. The van der Waals surface area contributed by atoms with Gasteiger partial charge in [-0.25, -0.2) is 19.9 Å². The van der Waals surface area contributed by atoms with Crippen molar-refractivity contribution >= 4 is 10.8 Å². The predicted molar refractivity (Wildman–Crippen MR) is 561 cm³/mol. The number of rotatable bonds is 0. The molecule has 0 N–H and O–H groups in total. The quantitative estimate of drug-likeness (QED) is 0.136. The average molecular weight is 1750 g/mol. The molecule has 2 saturated heterocycles. The number of benzene rings is 6. The van der Waals surface area contributed by atoms with E-state index in [-0.39, 0.29) is 12.6 Å². The lowest BCUT2D eigenvalue weighted by atomic mass is 9.84. The molecule has 10 heteroatoms. The predicted octanol–water partition coefficient (Wildman–Crippen LogP) is 33.5. The van der Waals surface area contributed by atoms with Gasteiger partial charge in [0.1, 0.15) is 11.6 Å². The van der Waals surface area contributed by atoms with E-state index in [1.54, 1.807) is 22.3 Å². The molecule has 1 saturated carbocycles. The Morgan fingerprint density at radius 1 is 0.227 bits per heavy atom. The van der Waals surface area contributed by atoms with Crippen molar-refractivity contribution in [1.29, 1.82) is 0 Å². The molecule has 4 aromatic heterocycles. The summed E-state index contributed by atoms with van der Waals surface area (Å²) in [5, 5.41) is 2.67. The van der Waals surface area contributed by atoms with Gasteiger partial charge in [-0.2, -0.15) is 0 Å². The Bertz CT molecular complexity index is 3620. The van der Waals surface area contributed by atoms with Crippen LogP contribution < -0.4 is 0 Å². The van der Waals surface area contributed by atoms with Crippen molar-refractivity contribution < 1.29 is 18.9 Å². The van der Waals surface area contributed by atoms with Crippen LogP contribution in [0.4, 0.5) is 0 Å². The first kappa shape index (κ1) is 121. The summed E-state index contributed by atoms with van der Waals surface area (Å²) in [5.74, 6) is 7.62. The van der Waals surface area contributed by atoms with E-state index >= 15 is 0 Å². The molecule has 4 aliphatic carbocycles. The molecule has 0 radical (unpaired) electrons. The Morgan fingerprint density at radius 2 is 0.484 bits per heavy atom. The molecule has 10 nitrogen and oxygen atoms in total. The third-order valence-electron chi connectivity index (χ3n) is 21.1. The van der Waals surface area contributed by atoms with Crippen molar-refractivity contribution in [2.24, 2.45) is 41.4 Å². The zero-order valence-electron chi connectivity index (χ0n) is 88.1. The number of hydrogen-bond acceptors (Lipinski definition) is 10. The van der Waals surface area contributed by atoms with Gasteiger partial charge in [-0.15, -0.1) is 0 Å². The number of pyridine rings is 2. The fraction of sp³-hybridized carbons (Fsp3) is 0.525. The van der Waals surface area contributed by atoms with E-state index < -0.39 is 0 Å². The Labute approximate surface area is 786 Å². The third-order valence-corrected chi connectivity index (χ3v) is 21.1. The molecule has 10 aromatic rings. The van der Waals surface area contributed by atoms with E-state index in [9.17, 15) is 0 Å². The molecule has 0 spiro atoms.